The fraction of sp³-hybridized carbons (Fsp3) is 0.829. The normalized spacial score (nSPS) is 22.5. The Kier molecular flexibility index (Phi) is 25.7. The average Bonchev–Trinajstić information content (AvgIpc) is 3.14. The minimum absolute atomic E-state index is 0.269. The van der Waals surface area contributed by atoms with Crippen LogP contribution in [0.25, 0.3) is 0 Å². The zero-order chi connectivity index (χ0) is 37.1. The number of ether oxygens (including phenoxy) is 2. The smallest absolute Gasteiger partial charge is 0.220 e. The van der Waals surface area contributed by atoms with Gasteiger partial charge in [-0.2, -0.15) is 0 Å². The molecule has 1 fully saturated rings. The number of aryl methyl sites for hydroxylation is 1. The molecular formula is C41H73NO9. The van der Waals surface area contributed by atoms with E-state index >= 15 is 0 Å². The number of nitrogens with one attached hydrogen (secondary N) is 1. The Morgan fingerprint density at radius 2 is 1.25 bits per heavy atom. The molecule has 0 radical (unpaired) electrons. The Morgan fingerprint density at radius 3 is 1.82 bits per heavy atom. The van der Waals surface area contributed by atoms with Crippen molar-refractivity contribution < 1.29 is 44.9 Å². The lowest BCUT2D eigenvalue weighted by Gasteiger charge is -2.40. The van der Waals surface area contributed by atoms with Gasteiger partial charge in [-0.15, -0.1) is 0 Å². The third kappa shape index (κ3) is 19.9. The van der Waals surface area contributed by atoms with E-state index in [1.165, 1.54) is 82.6 Å². The number of rotatable bonds is 31. The van der Waals surface area contributed by atoms with Crippen LogP contribution in [0.5, 0.6) is 0 Å². The molecule has 1 aliphatic rings. The first kappa shape index (κ1) is 45.5. The van der Waals surface area contributed by atoms with Crippen LogP contribution in [0.15, 0.2) is 30.3 Å². The van der Waals surface area contributed by atoms with Gasteiger partial charge in [-0.3, -0.25) is 4.79 Å². The van der Waals surface area contributed by atoms with Crippen molar-refractivity contribution in [2.45, 2.75) is 204 Å². The maximum absolute atomic E-state index is 12.9. The lowest BCUT2D eigenvalue weighted by Crippen LogP contribution is -2.60. The number of benzene rings is 1. The molecule has 51 heavy (non-hydrogen) atoms. The molecule has 0 aliphatic carbocycles. The predicted octanol–water partition coefficient (Wildman–Crippen LogP) is 5.85. The number of aliphatic hydroxyl groups is 6. The summed E-state index contributed by atoms with van der Waals surface area (Å²) in [6, 6.07) is 9.57. The Bertz CT molecular complexity index is 968. The maximum atomic E-state index is 12.9. The molecule has 296 valence electrons. The zero-order valence-electron chi connectivity index (χ0n) is 31.6. The van der Waals surface area contributed by atoms with Gasteiger partial charge in [0.2, 0.25) is 5.91 Å². The van der Waals surface area contributed by atoms with E-state index in [2.05, 4.69) is 36.5 Å². The molecule has 0 bridgehead atoms. The summed E-state index contributed by atoms with van der Waals surface area (Å²) in [6.45, 7) is 1.33. The maximum Gasteiger partial charge on any atom is 0.220 e. The summed E-state index contributed by atoms with van der Waals surface area (Å²) in [5, 5.41) is 64.9. The largest absolute Gasteiger partial charge is 0.394 e. The van der Waals surface area contributed by atoms with Crippen LogP contribution in [0.3, 0.4) is 0 Å². The number of hydrogen-bond acceptors (Lipinski definition) is 9. The van der Waals surface area contributed by atoms with Crippen LogP contribution in [-0.2, 0) is 20.7 Å². The summed E-state index contributed by atoms with van der Waals surface area (Å²) in [5.74, 6) is -0.269. The van der Waals surface area contributed by atoms with E-state index in [1.807, 2.05) is 6.07 Å². The Morgan fingerprint density at radius 1 is 0.725 bits per heavy atom. The van der Waals surface area contributed by atoms with Crippen molar-refractivity contribution in [3.63, 3.8) is 0 Å². The molecule has 8 atom stereocenters. The van der Waals surface area contributed by atoms with Crippen LogP contribution in [0, 0.1) is 0 Å². The van der Waals surface area contributed by atoms with E-state index in [0.717, 1.165) is 51.4 Å². The number of hydrogen-bond donors (Lipinski definition) is 7. The van der Waals surface area contributed by atoms with Gasteiger partial charge in [0.05, 0.1) is 25.4 Å². The monoisotopic (exact) mass is 724 g/mol. The number of carbonyl (C=O) groups excluding carboxylic acids is 1. The van der Waals surface area contributed by atoms with Crippen molar-refractivity contribution in [2.75, 3.05) is 13.2 Å². The highest BCUT2D eigenvalue weighted by atomic mass is 16.7. The number of carbonyl (C=O) groups is 1. The molecule has 0 spiro atoms. The van der Waals surface area contributed by atoms with Crippen LogP contribution in [0.4, 0.5) is 0 Å². The second kappa shape index (κ2) is 28.8. The summed E-state index contributed by atoms with van der Waals surface area (Å²) < 4.78 is 11.1. The molecule has 10 heteroatoms. The molecule has 1 heterocycles. The average molecular weight is 724 g/mol. The zero-order valence-corrected chi connectivity index (χ0v) is 31.6. The first-order valence-corrected chi connectivity index (χ1v) is 20.4. The van der Waals surface area contributed by atoms with E-state index in [4.69, 9.17) is 9.47 Å². The van der Waals surface area contributed by atoms with Gasteiger partial charge in [0.1, 0.15) is 30.5 Å². The third-order valence-corrected chi connectivity index (χ3v) is 10.3. The summed E-state index contributed by atoms with van der Waals surface area (Å²) >= 11 is 0. The van der Waals surface area contributed by atoms with E-state index in [-0.39, 0.29) is 18.9 Å². The van der Waals surface area contributed by atoms with E-state index < -0.39 is 55.6 Å². The van der Waals surface area contributed by atoms with Crippen molar-refractivity contribution in [3.05, 3.63) is 35.9 Å². The highest BCUT2D eigenvalue weighted by Crippen LogP contribution is 2.23. The van der Waals surface area contributed by atoms with Gasteiger partial charge in [-0.25, -0.2) is 0 Å². The Labute approximate surface area is 308 Å². The summed E-state index contributed by atoms with van der Waals surface area (Å²) in [5.41, 5.74) is 1.39. The van der Waals surface area contributed by atoms with Gasteiger partial charge in [0.15, 0.2) is 6.29 Å². The molecular weight excluding hydrogens is 650 g/mol. The summed E-state index contributed by atoms with van der Waals surface area (Å²) in [4.78, 5) is 12.9. The molecule has 0 aromatic heterocycles. The number of amides is 1. The fourth-order valence-corrected chi connectivity index (χ4v) is 6.86. The van der Waals surface area contributed by atoms with Crippen molar-refractivity contribution >= 4 is 5.91 Å². The standard InChI is InChI=1S/C41H73NO9/c1-2-3-4-5-6-7-8-9-10-14-17-23-28-34(44)37(46)33(31-50-41-40(49)39(48)38(47)35(30-43)51-41)42-36(45)29-24-18-15-12-11-13-16-20-25-32-26-21-19-22-27-32/h19,21-22,26-27,33-35,37-41,43-44,46-49H,2-18,20,23-25,28-31H2,1H3,(H,42,45)/t33-,34+,35?,37-,38?,39?,40?,41?/m0/s1. The van der Waals surface area contributed by atoms with Gasteiger partial charge in [0, 0.05) is 6.42 Å². The molecule has 1 aromatic rings. The topological polar surface area (TPSA) is 169 Å². The van der Waals surface area contributed by atoms with Crippen LogP contribution in [-0.4, -0.2) is 98.7 Å². The van der Waals surface area contributed by atoms with Crippen LogP contribution >= 0.6 is 0 Å². The van der Waals surface area contributed by atoms with Crippen LogP contribution < -0.4 is 5.32 Å². The van der Waals surface area contributed by atoms with E-state index in [1.54, 1.807) is 0 Å². The molecule has 1 aliphatic heterocycles. The van der Waals surface area contributed by atoms with Crippen molar-refractivity contribution in [2.24, 2.45) is 0 Å². The lowest BCUT2D eigenvalue weighted by atomic mass is 9.98. The summed E-state index contributed by atoms with van der Waals surface area (Å²) in [7, 11) is 0. The highest BCUT2D eigenvalue weighted by molar-refractivity contribution is 5.76. The van der Waals surface area contributed by atoms with Gasteiger partial charge in [0.25, 0.3) is 0 Å². The predicted molar refractivity (Wildman–Crippen MR) is 201 cm³/mol. The molecule has 1 amide bonds. The molecule has 2 rings (SSSR count). The molecule has 5 unspecified atom stereocenters. The number of unbranched alkanes of at least 4 members (excludes halogenated alkanes) is 18. The minimum atomic E-state index is -1.61. The van der Waals surface area contributed by atoms with E-state index in [0.29, 0.717) is 12.8 Å². The SMILES string of the molecule is CCCCCCCCCCCCCC[C@@H](O)[C@@H](O)[C@H](COC1OC(CO)C(O)C(O)C1O)NC(=O)CCCCCCCCCCc1ccccc1. The summed E-state index contributed by atoms with van der Waals surface area (Å²) in [6.07, 6.45) is 15.0. The lowest BCUT2D eigenvalue weighted by molar-refractivity contribution is -0.303. The molecule has 1 saturated heterocycles. The van der Waals surface area contributed by atoms with Crippen molar-refractivity contribution in [3.8, 4) is 0 Å². The van der Waals surface area contributed by atoms with Gasteiger partial charge in [-0.05, 0) is 31.2 Å². The molecule has 0 saturated carbocycles. The fourth-order valence-electron chi connectivity index (χ4n) is 6.86. The van der Waals surface area contributed by atoms with Crippen molar-refractivity contribution in [1.82, 2.24) is 5.32 Å². The molecule has 1 aromatic carbocycles. The minimum Gasteiger partial charge on any atom is -0.394 e. The van der Waals surface area contributed by atoms with Gasteiger partial charge >= 0.3 is 0 Å². The van der Waals surface area contributed by atoms with Crippen LogP contribution in [0.1, 0.15) is 154 Å². The third-order valence-electron chi connectivity index (χ3n) is 10.3. The highest BCUT2D eigenvalue weighted by Gasteiger charge is 2.44. The number of aliphatic hydroxyl groups excluding tert-OH is 6. The quantitative estimate of drug-likeness (QED) is 0.0465. The second-order valence-electron chi connectivity index (χ2n) is 14.8. The Balaban J connectivity index is 1.72. The van der Waals surface area contributed by atoms with Gasteiger partial charge in [-0.1, -0.05) is 153 Å². The molecule has 7 N–H and O–H groups in total. The van der Waals surface area contributed by atoms with Gasteiger partial charge < -0.3 is 45.4 Å². The Hall–Kier alpha value is -1.63. The van der Waals surface area contributed by atoms with Crippen LogP contribution in [0.2, 0.25) is 0 Å². The first-order chi connectivity index (χ1) is 24.8. The second-order valence-corrected chi connectivity index (χ2v) is 14.8. The van der Waals surface area contributed by atoms with Crippen molar-refractivity contribution in [1.29, 1.82) is 0 Å². The molecule has 10 nitrogen and oxygen atoms in total. The van der Waals surface area contributed by atoms with E-state index in [9.17, 15) is 35.4 Å². The first-order valence-electron chi connectivity index (χ1n) is 20.4.